The normalized spacial score (nSPS) is 9.67. The number of nitro benzene ring substituents is 1. The molecule has 0 spiro atoms. The molecule has 0 aromatic heterocycles. The first-order valence-electron chi connectivity index (χ1n) is 5.81. The molecule has 0 heterocycles. The van der Waals surface area contributed by atoms with Crippen LogP contribution < -0.4 is 5.32 Å². The number of nitro groups is 1. The van der Waals surface area contributed by atoms with Crippen LogP contribution in [0.3, 0.4) is 0 Å². The maximum Gasteiger partial charge on any atom is 0.342 e. The van der Waals surface area contributed by atoms with Gasteiger partial charge in [-0.2, -0.15) is 5.26 Å². The molecule has 0 aliphatic heterocycles. The van der Waals surface area contributed by atoms with E-state index in [1.807, 2.05) is 6.07 Å². The number of anilines is 2. The van der Waals surface area contributed by atoms with Crippen molar-refractivity contribution in [2.45, 2.75) is 0 Å². The fourth-order valence-corrected chi connectivity index (χ4v) is 1.80. The SMILES string of the molecule is N#Cc1ccc(Nc2cccc(C(=O)O)c2[N+](=O)[O-])cc1. The van der Waals surface area contributed by atoms with Gasteiger partial charge in [-0.1, -0.05) is 6.07 Å². The lowest BCUT2D eigenvalue weighted by molar-refractivity contribution is -0.384. The van der Waals surface area contributed by atoms with Gasteiger partial charge in [-0.25, -0.2) is 4.79 Å². The molecule has 2 rings (SSSR count). The van der Waals surface area contributed by atoms with Crippen LogP contribution in [0.25, 0.3) is 0 Å². The Hall–Kier alpha value is -3.40. The van der Waals surface area contributed by atoms with Gasteiger partial charge < -0.3 is 10.4 Å². The highest BCUT2D eigenvalue weighted by Gasteiger charge is 2.24. The predicted molar refractivity (Wildman–Crippen MR) is 74.5 cm³/mol. The summed E-state index contributed by atoms with van der Waals surface area (Å²) in [5.41, 5.74) is 0.145. The van der Waals surface area contributed by atoms with Crippen molar-refractivity contribution in [1.29, 1.82) is 5.26 Å². The Balaban J connectivity index is 2.44. The standard InChI is InChI=1S/C14H9N3O4/c15-8-9-4-6-10(7-5-9)16-12-3-1-2-11(14(18)19)13(12)17(20)21/h1-7,16H,(H,18,19). The first-order chi connectivity index (χ1) is 10.0. The van der Waals surface area contributed by atoms with Crippen LogP contribution in [0, 0.1) is 21.4 Å². The van der Waals surface area contributed by atoms with Crippen LogP contribution in [0.1, 0.15) is 15.9 Å². The Kier molecular flexibility index (Phi) is 3.81. The maximum absolute atomic E-state index is 11.1. The molecule has 2 aromatic carbocycles. The molecule has 0 amide bonds. The zero-order valence-electron chi connectivity index (χ0n) is 10.6. The summed E-state index contributed by atoms with van der Waals surface area (Å²) in [5, 5.41) is 31.6. The molecule has 21 heavy (non-hydrogen) atoms. The van der Waals surface area contributed by atoms with Gasteiger partial charge in [0.15, 0.2) is 0 Å². The van der Waals surface area contributed by atoms with E-state index in [2.05, 4.69) is 5.32 Å². The molecular weight excluding hydrogens is 274 g/mol. The third-order valence-electron chi connectivity index (χ3n) is 2.74. The second-order valence-electron chi connectivity index (χ2n) is 4.08. The minimum atomic E-state index is -1.37. The molecule has 0 atom stereocenters. The Morgan fingerprint density at radius 2 is 1.90 bits per heavy atom. The first kappa shape index (κ1) is 14.0. The van der Waals surface area contributed by atoms with Gasteiger partial charge in [-0.3, -0.25) is 10.1 Å². The molecule has 0 saturated heterocycles. The van der Waals surface area contributed by atoms with Crippen molar-refractivity contribution in [3.63, 3.8) is 0 Å². The molecule has 0 saturated carbocycles. The average molecular weight is 283 g/mol. The molecule has 2 N–H and O–H groups in total. The van der Waals surface area contributed by atoms with Crippen LogP contribution in [0.15, 0.2) is 42.5 Å². The van der Waals surface area contributed by atoms with Crippen molar-refractivity contribution >= 4 is 23.0 Å². The largest absolute Gasteiger partial charge is 0.477 e. The van der Waals surface area contributed by atoms with Crippen molar-refractivity contribution < 1.29 is 14.8 Å². The lowest BCUT2D eigenvalue weighted by Crippen LogP contribution is -2.05. The van der Waals surface area contributed by atoms with Crippen LogP contribution in [0.4, 0.5) is 17.1 Å². The molecule has 7 nitrogen and oxygen atoms in total. The lowest BCUT2D eigenvalue weighted by Gasteiger charge is -2.08. The van der Waals surface area contributed by atoms with Crippen molar-refractivity contribution in [1.82, 2.24) is 0 Å². The zero-order chi connectivity index (χ0) is 15.4. The summed E-state index contributed by atoms with van der Waals surface area (Å²) in [6.07, 6.45) is 0. The van der Waals surface area contributed by atoms with Gasteiger partial charge in [-0.05, 0) is 36.4 Å². The molecule has 0 aliphatic carbocycles. The van der Waals surface area contributed by atoms with Gasteiger partial charge in [0.1, 0.15) is 11.3 Å². The predicted octanol–water partition coefficient (Wildman–Crippen LogP) is 2.91. The van der Waals surface area contributed by atoms with E-state index >= 15 is 0 Å². The van der Waals surface area contributed by atoms with Crippen molar-refractivity contribution in [3.8, 4) is 6.07 Å². The quantitative estimate of drug-likeness (QED) is 0.658. The number of carboxylic acids is 1. The lowest BCUT2D eigenvalue weighted by atomic mass is 10.1. The summed E-state index contributed by atoms with van der Waals surface area (Å²) >= 11 is 0. The highest BCUT2D eigenvalue weighted by Crippen LogP contribution is 2.31. The molecule has 104 valence electrons. The van der Waals surface area contributed by atoms with E-state index in [0.29, 0.717) is 11.3 Å². The topological polar surface area (TPSA) is 116 Å². The number of carbonyl (C=O) groups is 1. The Labute approximate surface area is 119 Å². The highest BCUT2D eigenvalue weighted by molar-refractivity contribution is 5.96. The Bertz CT molecular complexity index is 748. The fraction of sp³-hybridized carbons (Fsp3) is 0. The van der Waals surface area contributed by atoms with E-state index in [0.717, 1.165) is 0 Å². The van der Waals surface area contributed by atoms with E-state index < -0.39 is 22.1 Å². The van der Waals surface area contributed by atoms with E-state index in [-0.39, 0.29) is 5.69 Å². The van der Waals surface area contributed by atoms with Crippen LogP contribution in [0.2, 0.25) is 0 Å². The van der Waals surface area contributed by atoms with E-state index in [1.54, 1.807) is 24.3 Å². The summed E-state index contributed by atoms with van der Waals surface area (Å²) in [6.45, 7) is 0. The van der Waals surface area contributed by atoms with E-state index in [1.165, 1.54) is 18.2 Å². The molecule has 0 unspecified atom stereocenters. The second-order valence-corrected chi connectivity index (χ2v) is 4.08. The molecule has 2 aromatic rings. The van der Waals surface area contributed by atoms with Crippen molar-refractivity contribution in [2.24, 2.45) is 0 Å². The van der Waals surface area contributed by atoms with Gasteiger partial charge in [0, 0.05) is 5.69 Å². The minimum absolute atomic E-state index is 0.0737. The van der Waals surface area contributed by atoms with Crippen LogP contribution in [0.5, 0.6) is 0 Å². The average Bonchev–Trinajstić information content (AvgIpc) is 2.47. The van der Waals surface area contributed by atoms with E-state index in [9.17, 15) is 14.9 Å². The molecule has 7 heteroatoms. The fourth-order valence-electron chi connectivity index (χ4n) is 1.80. The number of hydrogen-bond acceptors (Lipinski definition) is 5. The first-order valence-corrected chi connectivity index (χ1v) is 5.81. The molecule has 0 bridgehead atoms. The Morgan fingerprint density at radius 1 is 1.24 bits per heavy atom. The summed E-state index contributed by atoms with van der Waals surface area (Å²) in [7, 11) is 0. The summed E-state index contributed by atoms with van der Waals surface area (Å²) in [5.74, 6) is -1.37. The Morgan fingerprint density at radius 3 is 2.43 bits per heavy atom. The third-order valence-corrected chi connectivity index (χ3v) is 2.74. The number of nitrogens with zero attached hydrogens (tertiary/aromatic N) is 2. The zero-order valence-corrected chi connectivity index (χ0v) is 10.6. The van der Waals surface area contributed by atoms with Crippen molar-refractivity contribution in [3.05, 3.63) is 63.7 Å². The maximum atomic E-state index is 11.1. The number of rotatable bonds is 4. The monoisotopic (exact) mass is 283 g/mol. The number of benzene rings is 2. The van der Waals surface area contributed by atoms with Gasteiger partial charge in [0.05, 0.1) is 16.6 Å². The second kappa shape index (κ2) is 5.71. The van der Waals surface area contributed by atoms with E-state index in [4.69, 9.17) is 10.4 Å². The van der Waals surface area contributed by atoms with Gasteiger partial charge in [0.2, 0.25) is 0 Å². The third kappa shape index (κ3) is 2.96. The van der Waals surface area contributed by atoms with Crippen LogP contribution in [-0.2, 0) is 0 Å². The number of para-hydroxylation sites is 1. The highest BCUT2D eigenvalue weighted by atomic mass is 16.6. The number of aromatic carboxylic acids is 1. The number of nitrogens with one attached hydrogen (secondary N) is 1. The molecule has 0 radical (unpaired) electrons. The van der Waals surface area contributed by atoms with Gasteiger partial charge in [-0.15, -0.1) is 0 Å². The van der Waals surface area contributed by atoms with Crippen LogP contribution in [-0.4, -0.2) is 16.0 Å². The molecular formula is C14H9N3O4. The number of carboxylic acid groups (broad SMARTS) is 1. The summed E-state index contributed by atoms with van der Waals surface area (Å²) in [6, 6.07) is 12.2. The smallest absolute Gasteiger partial charge is 0.342 e. The van der Waals surface area contributed by atoms with Crippen molar-refractivity contribution in [2.75, 3.05) is 5.32 Å². The minimum Gasteiger partial charge on any atom is -0.477 e. The molecule has 0 aliphatic rings. The number of hydrogen-bond donors (Lipinski definition) is 2. The van der Waals surface area contributed by atoms with Gasteiger partial charge in [0.25, 0.3) is 0 Å². The van der Waals surface area contributed by atoms with Crippen LogP contribution >= 0.6 is 0 Å². The molecule has 0 fully saturated rings. The number of nitriles is 1. The summed E-state index contributed by atoms with van der Waals surface area (Å²) in [4.78, 5) is 21.4. The summed E-state index contributed by atoms with van der Waals surface area (Å²) < 4.78 is 0. The van der Waals surface area contributed by atoms with Gasteiger partial charge >= 0.3 is 11.7 Å².